The molecule has 0 heterocycles. The fourth-order valence-corrected chi connectivity index (χ4v) is 1.83. The van der Waals surface area contributed by atoms with Gasteiger partial charge in [-0.25, -0.2) is 0 Å². The van der Waals surface area contributed by atoms with Gasteiger partial charge in [-0.3, -0.25) is 4.79 Å². The van der Waals surface area contributed by atoms with Crippen molar-refractivity contribution in [3.8, 4) is 5.75 Å². The van der Waals surface area contributed by atoms with Gasteiger partial charge in [-0.15, -0.1) is 0 Å². The third-order valence-electron chi connectivity index (χ3n) is 3.19. The van der Waals surface area contributed by atoms with Crippen LogP contribution in [0.5, 0.6) is 5.75 Å². The van der Waals surface area contributed by atoms with E-state index in [0.29, 0.717) is 29.6 Å². The Labute approximate surface area is 114 Å². The van der Waals surface area contributed by atoms with Crippen LogP contribution in [0.25, 0.3) is 0 Å². The first kappa shape index (κ1) is 13.7. The van der Waals surface area contributed by atoms with Gasteiger partial charge < -0.3 is 15.8 Å². The smallest absolute Gasteiger partial charge is 0.251 e. The Morgan fingerprint density at radius 1 is 1.42 bits per heavy atom. The first-order valence-electron chi connectivity index (χ1n) is 7.04. The largest absolute Gasteiger partial charge is 0.491 e. The van der Waals surface area contributed by atoms with Crippen LogP contribution < -0.4 is 15.8 Å². The van der Waals surface area contributed by atoms with Crippen molar-refractivity contribution in [2.45, 2.75) is 45.1 Å². The molecule has 0 spiro atoms. The van der Waals surface area contributed by atoms with Crippen molar-refractivity contribution in [3.63, 3.8) is 0 Å². The molecule has 1 aliphatic carbocycles. The fourth-order valence-electron chi connectivity index (χ4n) is 1.83. The summed E-state index contributed by atoms with van der Waals surface area (Å²) in [6, 6.07) is 5.57. The number of unbranched alkanes of at least 4 members (excludes halogenated alkanes) is 2. The van der Waals surface area contributed by atoms with Gasteiger partial charge in [0.05, 0.1) is 12.3 Å². The Morgan fingerprint density at radius 2 is 2.21 bits per heavy atom. The lowest BCUT2D eigenvalue weighted by Crippen LogP contribution is -2.25. The fraction of sp³-hybridized carbons (Fsp3) is 0.533. The Kier molecular flexibility index (Phi) is 4.66. The monoisotopic (exact) mass is 262 g/mol. The summed E-state index contributed by atoms with van der Waals surface area (Å²) in [4.78, 5) is 11.9. The van der Waals surface area contributed by atoms with Crippen molar-refractivity contribution < 1.29 is 9.53 Å². The van der Waals surface area contributed by atoms with E-state index in [-0.39, 0.29) is 5.91 Å². The van der Waals surface area contributed by atoms with Crippen LogP contribution in [-0.2, 0) is 0 Å². The van der Waals surface area contributed by atoms with Gasteiger partial charge in [-0.05, 0) is 37.5 Å². The summed E-state index contributed by atoms with van der Waals surface area (Å²) in [6.07, 6.45) is 5.47. The second-order valence-corrected chi connectivity index (χ2v) is 5.06. The predicted molar refractivity (Wildman–Crippen MR) is 76.4 cm³/mol. The van der Waals surface area contributed by atoms with Crippen LogP contribution in [-0.4, -0.2) is 18.6 Å². The number of hydrogen-bond donors (Lipinski definition) is 2. The zero-order chi connectivity index (χ0) is 13.7. The Hall–Kier alpha value is -1.71. The van der Waals surface area contributed by atoms with Crippen LogP contribution in [0, 0.1) is 0 Å². The molecular weight excluding hydrogens is 240 g/mol. The molecule has 1 amide bonds. The number of nitrogen functional groups attached to an aromatic ring is 1. The molecule has 4 nitrogen and oxygen atoms in total. The van der Waals surface area contributed by atoms with Gasteiger partial charge >= 0.3 is 0 Å². The molecule has 0 saturated heterocycles. The molecule has 0 aromatic heterocycles. The number of ether oxygens (including phenoxy) is 1. The van der Waals surface area contributed by atoms with E-state index in [2.05, 4.69) is 12.2 Å². The molecule has 1 aliphatic rings. The molecule has 19 heavy (non-hydrogen) atoms. The molecule has 4 heteroatoms. The average molecular weight is 262 g/mol. The van der Waals surface area contributed by atoms with Gasteiger partial charge in [0.2, 0.25) is 0 Å². The van der Waals surface area contributed by atoms with Crippen molar-refractivity contribution in [2.24, 2.45) is 0 Å². The van der Waals surface area contributed by atoms with Crippen LogP contribution >= 0.6 is 0 Å². The average Bonchev–Trinajstić information content (AvgIpc) is 3.20. The van der Waals surface area contributed by atoms with E-state index in [0.717, 1.165) is 32.1 Å². The summed E-state index contributed by atoms with van der Waals surface area (Å²) >= 11 is 0. The van der Waals surface area contributed by atoms with Crippen molar-refractivity contribution >= 4 is 11.6 Å². The normalized spacial score (nSPS) is 14.2. The van der Waals surface area contributed by atoms with E-state index < -0.39 is 0 Å². The summed E-state index contributed by atoms with van der Waals surface area (Å²) in [7, 11) is 0. The van der Waals surface area contributed by atoms with Gasteiger partial charge in [0, 0.05) is 11.6 Å². The van der Waals surface area contributed by atoms with Gasteiger partial charge in [0.25, 0.3) is 5.91 Å². The molecule has 0 aliphatic heterocycles. The van der Waals surface area contributed by atoms with E-state index in [9.17, 15) is 4.79 Å². The second kappa shape index (κ2) is 6.45. The predicted octanol–water partition coefficient (Wildman–Crippen LogP) is 2.73. The lowest BCUT2D eigenvalue weighted by Gasteiger charge is -2.10. The number of carbonyl (C=O) groups is 1. The summed E-state index contributed by atoms with van der Waals surface area (Å²) in [6.45, 7) is 2.79. The number of anilines is 1. The summed E-state index contributed by atoms with van der Waals surface area (Å²) < 4.78 is 5.65. The van der Waals surface area contributed by atoms with Crippen molar-refractivity contribution in [2.75, 3.05) is 12.3 Å². The lowest BCUT2D eigenvalue weighted by atomic mass is 10.1. The minimum Gasteiger partial charge on any atom is -0.491 e. The highest BCUT2D eigenvalue weighted by Crippen LogP contribution is 2.24. The first-order valence-corrected chi connectivity index (χ1v) is 7.04. The van der Waals surface area contributed by atoms with Crippen molar-refractivity contribution in [3.05, 3.63) is 23.8 Å². The Morgan fingerprint density at radius 3 is 2.89 bits per heavy atom. The molecule has 3 N–H and O–H groups in total. The third-order valence-corrected chi connectivity index (χ3v) is 3.19. The highest BCUT2D eigenvalue weighted by Gasteiger charge is 2.24. The molecule has 104 valence electrons. The third kappa shape index (κ3) is 4.16. The number of nitrogens with two attached hydrogens (primary N) is 1. The summed E-state index contributed by atoms with van der Waals surface area (Å²) in [5, 5.41) is 2.96. The van der Waals surface area contributed by atoms with Crippen LogP contribution in [0.4, 0.5) is 5.69 Å². The van der Waals surface area contributed by atoms with Gasteiger partial charge in [-0.1, -0.05) is 19.8 Å². The SMILES string of the molecule is CCCCCOc1cc(C(=O)NC2CC2)ccc1N. The van der Waals surface area contributed by atoms with Crippen LogP contribution in [0.1, 0.15) is 49.4 Å². The molecule has 1 aromatic carbocycles. The zero-order valence-corrected chi connectivity index (χ0v) is 11.4. The molecular formula is C15H22N2O2. The standard InChI is InChI=1S/C15H22N2O2/c1-2-3-4-9-19-14-10-11(5-8-13(14)16)15(18)17-12-6-7-12/h5,8,10,12H,2-4,6-7,9,16H2,1H3,(H,17,18). The number of rotatable bonds is 7. The summed E-state index contributed by atoms with van der Waals surface area (Å²) in [5.74, 6) is 0.570. The van der Waals surface area contributed by atoms with Crippen molar-refractivity contribution in [1.82, 2.24) is 5.32 Å². The maximum atomic E-state index is 11.9. The maximum absolute atomic E-state index is 11.9. The molecule has 1 aromatic rings. The topological polar surface area (TPSA) is 64.3 Å². The van der Waals surface area contributed by atoms with Crippen LogP contribution in [0.2, 0.25) is 0 Å². The molecule has 0 atom stereocenters. The number of carbonyl (C=O) groups excluding carboxylic acids is 1. The highest BCUT2D eigenvalue weighted by molar-refractivity contribution is 5.95. The Balaban J connectivity index is 1.95. The minimum absolute atomic E-state index is 0.0408. The maximum Gasteiger partial charge on any atom is 0.251 e. The van der Waals surface area contributed by atoms with E-state index in [1.54, 1.807) is 18.2 Å². The van der Waals surface area contributed by atoms with E-state index >= 15 is 0 Å². The number of hydrogen-bond acceptors (Lipinski definition) is 3. The first-order chi connectivity index (χ1) is 9.20. The zero-order valence-electron chi connectivity index (χ0n) is 11.4. The number of benzene rings is 1. The number of amides is 1. The Bertz CT molecular complexity index is 442. The quantitative estimate of drug-likeness (QED) is 0.586. The van der Waals surface area contributed by atoms with Gasteiger partial charge in [0.15, 0.2) is 0 Å². The molecule has 0 radical (unpaired) electrons. The van der Waals surface area contributed by atoms with Gasteiger partial charge in [0.1, 0.15) is 5.75 Å². The molecule has 1 fully saturated rings. The van der Waals surface area contributed by atoms with Crippen molar-refractivity contribution in [1.29, 1.82) is 0 Å². The highest BCUT2D eigenvalue weighted by atomic mass is 16.5. The van der Waals surface area contributed by atoms with E-state index in [4.69, 9.17) is 10.5 Å². The van der Waals surface area contributed by atoms with E-state index in [1.165, 1.54) is 0 Å². The van der Waals surface area contributed by atoms with Gasteiger partial charge in [-0.2, -0.15) is 0 Å². The summed E-state index contributed by atoms with van der Waals surface area (Å²) in [5.41, 5.74) is 7.06. The van der Waals surface area contributed by atoms with Crippen LogP contribution in [0.3, 0.4) is 0 Å². The lowest BCUT2D eigenvalue weighted by molar-refractivity contribution is 0.0950. The number of nitrogens with one attached hydrogen (secondary N) is 1. The van der Waals surface area contributed by atoms with Crippen LogP contribution in [0.15, 0.2) is 18.2 Å². The second-order valence-electron chi connectivity index (χ2n) is 5.06. The van der Waals surface area contributed by atoms with E-state index in [1.807, 2.05) is 0 Å². The molecule has 0 bridgehead atoms. The molecule has 0 unspecified atom stereocenters. The minimum atomic E-state index is -0.0408. The molecule has 2 rings (SSSR count). The molecule has 1 saturated carbocycles.